The molecule has 2 aromatic rings. The lowest BCUT2D eigenvalue weighted by Crippen LogP contribution is -2.11. The first-order chi connectivity index (χ1) is 9.13. The lowest BCUT2D eigenvalue weighted by Gasteiger charge is -2.08. The molecular weight excluding hydrogens is 361 g/mol. The van der Waals surface area contributed by atoms with E-state index >= 15 is 0 Å². The van der Waals surface area contributed by atoms with Crippen LogP contribution in [0.2, 0.25) is 0 Å². The fraction of sp³-hybridized carbons (Fsp3) is 0.0833. The maximum Gasteiger partial charge on any atom is 0.268 e. The highest BCUT2D eigenvalue weighted by atomic mass is 127. The van der Waals surface area contributed by atoms with E-state index in [2.05, 4.69) is 9.97 Å². The Bertz CT molecular complexity index is 706. The first kappa shape index (κ1) is 13.4. The van der Waals surface area contributed by atoms with Crippen molar-refractivity contribution in [2.24, 2.45) is 0 Å². The number of ether oxygens (including phenoxy) is 2. The molecule has 0 aliphatic rings. The highest BCUT2D eigenvalue weighted by Gasteiger charge is 2.09. The van der Waals surface area contributed by atoms with Gasteiger partial charge in [-0.2, -0.15) is 5.26 Å². The Morgan fingerprint density at radius 1 is 1.37 bits per heavy atom. The first-order valence-corrected chi connectivity index (χ1v) is 6.22. The van der Waals surface area contributed by atoms with Crippen LogP contribution in [0, 0.1) is 14.9 Å². The minimum Gasteiger partial charge on any atom is -0.497 e. The van der Waals surface area contributed by atoms with Crippen LogP contribution >= 0.6 is 22.6 Å². The standard InChI is InChI=1S/C12H8IN3O3/c1-18-8-2-7(5-14)3-9(4-8)19-12-10(13)11(17)15-6-16-12/h2-4,6H,1H3,(H,15,16,17). The second-order valence-electron chi connectivity index (χ2n) is 3.46. The van der Waals surface area contributed by atoms with Crippen molar-refractivity contribution in [1.29, 1.82) is 5.26 Å². The van der Waals surface area contributed by atoms with E-state index in [0.29, 0.717) is 20.6 Å². The zero-order chi connectivity index (χ0) is 13.8. The number of hydrogen-bond donors (Lipinski definition) is 1. The lowest BCUT2D eigenvalue weighted by atomic mass is 10.2. The molecule has 0 fully saturated rings. The van der Waals surface area contributed by atoms with Crippen LogP contribution in [0.15, 0.2) is 29.3 Å². The Hall–Kier alpha value is -2.08. The van der Waals surface area contributed by atoms with Crippen LogP contribution in [0.3, 0.4) is 0 Å². The smallest absolute Gasteiger partial charge is 0.268 e. The molecule has 2 rings (SSSR count). The van der Waals surface area contributed by atoms with E-state index in [9.17, 15) is 4.79 Å². The molecule has 0 aliphatic carbocycles. The molecule has 1 aromatic carbocycles. The SMILES string of the molecule is COc1cc(C#N)cc(Oc2nc[nH]c(=O)c2I)c1. The summed E-state index contributed by atoms with van der Waals surface area (Å²) >= 11 is 1.84. The summed E-state index contributed by atoms with van der Waals surface area (Å²) in [6.07, 6.45) is 1.26. The Labute approximate surface area is 122 Å². The Kier molecular flexibility index (Phi) is 4.01. The van der Waals surface area contributed by atoms with E-state index in [0.717, 1.165) is 0 Å². The number of aromatic amines is 1. The van der Waals surface area contributed by atoms with Gasteiger partial charge >= 0.3 is 0 Å². The van der Waals surface area contributed by atoms with Crippen LogP contribution in [-0.2, 0) is 0 Å². The van der Waals surface area contributed by atoms with Gasteiger partial charge in [0.05, 0.1) is 25.1 Å². The highest BCUT2D eigenvalue weighted by Crippen LogP contribution is 2.27. The van der Waals surface area contributed by atoms with Crippen LogP contribution in [0.1, 0.15) is 5.56 Å². The van der Waals surface area contributed by atoms with E-state index in [4.69, 9.17) is 14.7 Å². The zero-order valence-corrected chi connectivity index (χ0v) is 12.0. The fourth-order valence-electron chi connectivity index (χ4n) is 1.36. The number of nitrogens with zero attached hydrogens (tertiary/aromatic N) is 2. The molecule has 0 amide bonds. The van der Waals surface area contributed by atoms with Gasteiger partial charge in [-0.15, -0.1) is 0 Å². The molecule has 1 N–H and O–H groups in total. The summed E-state index contributed by atoms with van der Waals surface area (Å²) in [7, 11) is 1.50. The predicted molar refractivity (Wildman–Crippen MR) is 75.4 cm³/mol. The average Bonchev–Trinajstić information content (AvgIpc) is 2.43. The van der Waals surface area contributed by atoms with Crippen molar-refractivity contribution in [2.45, 2.75) is 0 Å². The molecule has 0 aliphatic heterocycles. The van der Waals surface area contributed by atoms with E-state index in [1.165, 1.54) is 13.4 Å². The third-order valence-corrected chi connectivity index (χ3v) is 3.18. The van der Waals surface area contributed by atoms with Gasteiger partial charge in [0.15, 0.2) is 0 Å². The highest BCUT2D eigenvalue weighted by molar-refractivity contribution is 14.1. The summed E-state index contributed by atoms with van der Waals surface area (Å²) in [5, 5.41) is 8.91. The van der Waals surface area contributed by atoms with Gasteiger partial charge in [-0.3, -0.25) is 4.79 Å². The molecule has 7 heteroatoms. The Morgan fingerprint density at radius 3 is 2.79 bits per heavy atom. The van der Waals surface area contributed by atoms with E-state index in [1.807, 2.05) is 28.7 Å². The van der Waals surface area contributed by atoms with Gasteiger partial charge in [0.1, 0.15) is 15.1 Å². The minimum atomic E-state index is -0.283. The number of hydrogen-bond acceptors (Lipinski definition) is 5. The summed E-state index contributed by atoms with van der Waals surface area (Å²) in [6, 6.07) is 6.74. The monoisotopic (exact) mass is 369 g/mol. The molecule has 6 nitrogen and oxygen atoms in total. The van der Waals surface area contributed by atoms with Crippen LogP contribution < -0.4 is 15.0 Å². The van der Waals surface area contributed by atoms with Gasteiger partial charge in [-0.25, -0.2) is 4.98 Å². The first-order valence-electron chi connectivity index (χ1n) is 5.14. The summed E-state index contributed by atoms with van der Waals surface area (Å²) in [5.41, 5.74) is 0.114. The third kappa shape index (κ3) is 3.03. The summed E-state index contributed by atoms with van der Waals surface area (Å²) in [5.74, 6) is 1.06. The second kappa shape index (κ2) is 5.71. The summed E-state index contributed by atoms with van der Waals surface area (Å²) in [4.78, 5) is 17.8. The van der Waals surface area contributed by atoms with Crippen LogP contribution in [0.5, 0.6) is 17.4 Å². The largest absolute Gasteiger partial charge is 0.497 e. The number of nitrogens with one attached hydrogen (secondary N) is 1. The number of methoxy groups -OCH3 is 1. The molecule has 0 bridgehead atoms. The third-order valence-electron chi connectivity index (χ3n) is 2.22. The molecule has 0 unspecified atom stereocenters. The van der Waals surface area contributed by atoms with Crippen molar-refractivity contribution in [1.82, 2.24) is 9.97 Å². The zero-order valence-electron chi connectivity index (χ0n) is 9.81. The molecular formula is C12H8IN3O3. The minimum absolute atomic E-state index is 0.182. The van der Waals surface area contributed by atoms with Crippen molar-refractivity contribution in [3.63, 3.8) is 0 Å². The molecule has 19 heavy (non-hydrogen) atoms. The fourth-order valence-corrected chi connectivity index (χ4v) is 1.77. The van der Waals surface area contributed by atoms with Crippen molar-refractivity contribution in [3.8, 4) is 23.4 Å². The second-order valence-corrected chi connectivity index (χ2v) is 4.54. The molecule has 1 heterocycles. The van der Waals surface area contributed by atoms with Crippen molar-refractivity contribution in [2.75, 3.05) is 7.11 Å². The van der Waals surface area contributed by atoms with Gasteiger partial charge in [-0.05, 0) is 34.7 Å². The molecule has 0 saturated heterocycles. The molecule has 0 spiro atoms. The number of rotatable bonds is 3. The van der Waals surface area contributed by atoms with E-state index in [-0.39, 0.29) is 11.4 Å². The molecule has 0 saturated carbocycles. The van der Waals surface area contributed by atoms with Gasteiger partial charge in [0.2, 0.25) is 5.88 Å². The topological polar surface area (TPSA) is 88.0 Å². The van der Waals surface area contributed by atoms with Gasteiger partial charge in [0, 0.05) is 6.07 Å². The van der Waals surface area contributed by atoms with Crippen LogP contribution in [0.4, 0.5) is 0 Å². The maximum atomic E-state index is 11.4. The molecule has 0 atom stereocenters. The van der Waals surface area contributed by atoms with Crippen LogP contribution in [0.25, 0.3) is 0 Å². The quantitative estimate of drug-likeness (QED) is 0.837. The lowest BCUT2D eigenvalue weighted by molar-refractivity contribution is 0.406. The Morgan fingerprint density at radius 2 is 2.11 bits per heavy atom. The van der Waals surface area contributed by atoms with Crippen molar-refractivity contribution < 1.29 is 9.47 Å². The maximum absolute atomic E-state index is 11.4. The van der Waals surface area contributed by atoms with Gasteiger partial charge < -0.3 is 14.5 Å². The van der Waals surface area contributed by atoms with Crippen LogP contribution in [-0.4, -0.2) is 17.1 Å². The Balaban J connectivity index is 2.41. The summed E-state index contributed by atoms with van der Waals surface area (Å²) < 4.78 is 10.9. The van der Waals surface area contributed by atoms with E-state index in [1.54, 1.807) is 18.2 Å². The molecule has 0 radical (unpaired) electrons. The predicted octanol–water partition coefficient (Wildman–Crippen LogP) is 2.05. The van der Waals surface area contributed by atoms with Crippen molar-refractivity contribution >= 4 is 22.6 Å². The van der Waals surface area contributed by atoms with E-state index < -0.39 is 0 Å². The number of nitriles is 1. The number of H-pyrrole nitrogens is 1. The molecule has 1 aromatic heterocycles. The number of aromatic nitrogens is 2. The summed E-state index contributed by atoms with van der Waals surface area (Å²) in [6.45, 7) is 0. The number of halogens is 1. The normalized spacial score (nSPS) is 9.74. The van der Waals surface area contributed by atoms with Crippen molar-refractivity contribution in [3.05, 3.63) is 44.0 Å². The molecule has 96 valence electrons. The number of benzene rings is 1. The van der Waals surface area contributed by atoms with Gasteiger partial charge in [0.25, 0.3) is 5.56 Å². The van der Waals surface area contributed by atoms with Gasteiger partial charge in [-0.1, -0.05) is 0 Å². The average molecular weight is 369 g/mol.